The Bertz CT molecular complexity index is 202. The number of carboxylic acids is 1. The Balaban J connectivity index is 4.61. The largest absolute Gasteiger partial charge is 0.481 e. The molecule has 0 saturated carbocycles. The van der Waals surface area contributed by atoms with E-state index in [-0.39, 0.29) is 0 Å². The molecule has 0 saturated heterocycles. The Morgan fingerprint density at radius 1 is 1.82 bits per heavy atom. The molecule has 0 rings (SSSR count). The molecular weight excluding hydrogens is 153 g/mol. The van der Waals surface area contributed by atoms with E-state index in [9.17, 15) is 9.18 Å². The average Bonchev–Trinajstić information content (AvgIpc) is 1.79. The number of rotatable bonds is 3. The minimum absolute atomic E-state index is 1.04. The number of carboxylic acid groups (broad SMARTS) is 1. The first-order valence-corrected chi connectivity index (χ1v) is 2.85. The number of azide groups is 1. The fraction of sp³-hybridized carbons (Fsp3) is 0.800. The van der Waals surface area contributed by atoms with E-state index >= 15 is 0 Å². The molecule has 5 nitrogen and oxygen atoms in total. The number of nitrogens with zero attached hydrogens (tertiary/aromatic N) is 3. The van der Waals surface area contributed by atoms with Crippen LogP contribution in [0.2, 0.25) is 0 Å². The van der Waals surface area contributed by atoms with Gasteiger partial charge < -0.3 is 5.11 Å². The van der Waals surface area contributed by atoms with Crippen molar-refractivity contribution in [1.29, 1.82) is 0 Å². The highest BCUT2D eigenvalue weighted by atomic mass is 19.1. The van der Waals surface area contributed by atoms with E-state index in [1.807, 2.05) is 0 Å². The van der Waals surface area contributed by atoms with Gasteiger partial charge in [0.2, 0.25) is 0 Å². The smallest absolute Gasteiger partial charge is 0.315 e. The molecule has 6 heteroatoms. The van der Waals surface area contributed by atoms with Crippen LogP contribution < -0.4 is 0 Å². The van der Waals surface area contributed by atoms with Crippen molar-refractivity contribution in [3.8, 4) is 0 Å². The summed E-state index contributed by atoms with van der Waals surface area (Å²) in [6.07, 6.45) is 0. The molecule has 0 aliphatic rings. The third kappa shape index (κ3) is 2.86. The molecule has 0 aliphatic heterocycles. The SMILES string of the molecule is CC(C)(F)C(N=[N+]=[N-])C(=O)O. The van der Waals surface area contributed by atoms with Crippen molar-refractivity contribution in [3.05, 3.63) is 10.4 Å². The predicted octanol–water partition coefficient (Wildman–Crippen LogP) is 1.50. The van der Waals surface area contributed by atoms with Crippen molar-refractivity contribution >= 4 is 5.97 Å². The maximum atomic E-state index is 12.8. The Labute approximate surface area is 62.5 Å². The first kappa shape index (κ1) is 9.71. The third-order valence-corrected chi connectivity index (χ3v) is 1.05. The number of carbonyl (C=O) groups is 1. The van der Waals surface area contributed by atoms with E-state index in [2.05, 4.69) is 10.0 Å². The summed E-state index contributed by atoms with van der Waals surface area (Å²) in [6, 6.07) is -1.66. The summed E-state index contributed by atoms with van der Waals surface area (Å²) in [6.45, 7) is 2.08. The van der Waals surface area contributed by atoms with Crippen LogP contribution in [-0.2, 0) is 4.79 Å². The zero-order chi connectivity index (χ0) is 9.07. The lowest BCUT2D eigenvalue weighted by molar-refractivity contribution is -0.141. The first-order chi connectivity index (χ1) is 4.89. The lowest BCUT2D eigenvalue weighted by atomic mass is 10.0. The van der Waals surface area contributed by atoms with Gasteiger partial charge in [-0.25, -0.2) is 4.39 Å². The molecule has 0 radical (unpaired) electrons. The minimum atomic E-state index is -2.03. The van der Waals surface area contributed by atoms with E-state index in [1.54, 1.807) is 0 Å². The molecule has 1 atom stereocenters. The molecule has 0 amide bonds. The van der Waals surface area contributed by atoms with Gasteiger partial charge in [-0.2, -0.15) is 0 Å². The van der Waals surface area contributed by atoms with Gasteiger partial charge in [0.15, 0.2) is 6.04 Å². The van der Waals surface area contributed by atoms with Crippen LogP contribution in [0.15, 0.2) is 5.11 Å². The van der Waals surface area contributed by atoms with Gasteiger partial charge in [0.1, 0.15) is 5.67 Å². The Hall–Kier alpha value is -1.29. The first-order valence-electron chi connectivity index (χ1n) is 2.85. The minimum Gasteiger partial charge on any atom is -0.481 e. The molecule has 0 aromatic heterocycles. The van der Waals surface area contributed by atoms with Gasteiger partial charge in [-0.15, -0.1) is 0 Å². The van der Waals surface area contributed by atoms with Crippen molar-refractivity contribution in [2.75, 3.05) is 0 Å². The second-order valence-electron chi connectivity index (χ2n) is 2.51. The molecule has 1 N–H and O–H groups in total. The highest BCUT2D eigenvalue weighted by Gasteiger charge is 2.34. The van der Waals surface area contributed by atoms with Crippen LogP contribution in [0.3, 0.4) is 0 Å². The van der Waals surface area contributed by atoms with Crippen LogP contribution in [0.5, 0.6) is 0 Å². The molecule has 1 unspecified atom stereocenters. The quantitative estimate of drug-likeness (QED) is 0.386. The Morgan fingerprint density at radius 3 is 2.36 bits per heavy atom. The van der Waals surface area contributed by atoms with Crippen LogP contribution in [0.25, 0.3) is 10.4 Å². The topological polar surface area (TPSA) is 86.1 Å². The van der Waals surface area contributed by atoms with Crippen molar-refractivity contribution in [1.82, 2.24) is 0 Å². The lowest BCUT2D eigenvalue weighted by Gasteiger charge is -2.17. The van der Waals surface area contributed by atoms with Crippen LogP contribution >= 0.6 is 0 Å². The summed E-state index contributed by atoms with van der Waals surface area (Å²) >= 11 is 0. The van der Waals surface area contributed by atoms with Crippen molar-refractivity contribution in [3.63, 3.8) is 0 Å². The predicted molar refractivity (Wildman–Crippen MR) is 35.8 cm³/mol. The summed E-state index contributed by atoms with van der Waals surface area (Å²) in [5, 5.41) is 11.1. The normalized spacial score (nSPS) is 13.4. The summed E-state index contributed by atoms with van der Waals surface area (Å²) in [4.78, 5) is 12.5. The van der Waals surface area contributed by atoms with Gasteiger partial charge in [-0.1, -0.05) is 5.11 Å². The van der Waals surface area contributed by atoms with Gasteiger partial charge in [0.05, 0.1) is 0 Å². The van der Waals surface area contributed by atoms with Crippen LogP contribution in [0.4, 0.5) is 4.39 Å². The zero-order valence-electron chi connectivity index (χ0n) is 6.15. The standard InChI is InChI=1S/C5H8FN3O2/c1-5(2,6)3(4(10)11)8-9-7/h3H,1-2H3,(H,10,11). The van der Waals surface area contributed by atoms with Crippen LogP contribution in [0, 0.1) is 0 Å². The van der Waals surface area contributed by atoms with E-state index in [1.165, 1.54) is 0 Å². The van der Waals surface area contributed by atoms with Gasteiger partial charge in [-0.3, -0.25) is 4.79 Å². The summed E-state index contributed by atoms with van der Waals surface area (Å²) in [7, 11) is 0. The molecule has 11 heavy (non-hydrogen) atoms. The molecule has 0 aliphatic carbocycles. The highest BCUT2D eigenvalue weighted by Crippen LogP contribution is 2.17. The van der Waals surface area contributed by atoms with E-state index < -0.39 is 17.7 Å². The molecule has 0 bridgehead atoms. The number of hydrogen-bond donors (Lipinski definition) is 1. The van der Waals surface area contributed by atoms with E-state index in [0.717, 1.165) is 13.8 Å². The fourth-order valence-electron chi connectivity index (χ4n) is 0.532. The van der Waals surface area contributed by atoms with E-state index in [0.29, 0.717) is 0 Å². The third-order valence-electron chi connectivity index (χ3n) is 1.05. The maximum Gasteiger partial charge on any atom is 0.315 e. The van der Waals surface area contributed by atoms with Crippen molar-refractivity contribution in [2.45, 2.75) is 25.6 Å². The van der Waals surface area contributed by atoms with Crippen LogP contribution in [0.1, 0.15) is 13.8 Å². The average molecular weight is 161 g/mol. The number of aliphatic carboxylic acids is 1. The second-order valence-corrected chi connectivity index (χ2v) is 2.51. The molecule has 0 aromatic rings. The lowest BCUT2D eigenvalue weighted by Crippen LogP contribution is -2.36. The monoisotopic (exact) mass is 161 g/mol. The van der Waals surface area contributed by atoms with Crippen molar-refractivity contribution < 1.29 is 14.3 Å². The molecule has 0 heterocycles. The molecule has 0 spiro atoms. The number of halogens is 1. The molecular formula is C5H8FN3O2. The van der Waals surface area contributed by atoms with Gasteiger partial charge in [0, 0.05) is 4.91 Å². The Morgan fingerprint density at radius 2 is 2.27 bits per heavy atom. The van der Waals surface area contributed by atoms with Gasteiger partial charge in [0.25, 0.3) is 0 Å². The summed E-state index contributed by atoms with van der Waals surface area (Å²) < 4.78 is 12.8. The molecule has 0 fully saturated rings. The van der Waals surface area contributed by atoms with E-state index in [4.69, 9.17) is 10.6 Å². The number of hydrogen-bond acceptors (Lipinski definition) is 2. The van der Waals surface area contributed by atoms with Crippen molar-refractivity contribution in [2.24, 2.45) is 5.11 Å². The summed E-state index contributed by atoms with van der Waals surface area (Å²) in [5.41, 5.74) is 5.85. The molecule has 0 aromatic carbocycles. The summed E-state index contributed by atoms with van der Waals surface area (Å²) in [5.74, 6) is -1.46. The van der Waals surface area contributed by atoms with Crippen LogP contribution in [-0.4, -0.2) is 22.8 Å². The second kappa shape index (κ2) is 3.21. The zero-order valence-corrected chi connectivity index (χ0v) is 6.15. The molecule has 62 valence electrons. The van der Waals surface area contributed by atoms with Gasteiger partial charge in [-0.05, 0) is 19.4 Å². The highest BCUT2D eigenvalue weighted by molar-refractivity contribution is 5.75. The maximum absolute atomic E-state index is 12.8. The van der Waals surface area contributed by atoms with Gasteiger partial charge >= 0.3 is 5.97 Å². The number of alkyl halides is 1. The Kier molecular flexibility index (Phi) is 2.83. The fourth-order valence-corrected chi connectivity index (χ4v) is 0.532.